The van der Waals surface area contributed by atoms with E-state index >= 15 is 0 Å². The van der Waals surface area contributed by atoms with Gasteiger partial charge in [0.25, 0.3) is 0 Å². The summed E-state index contributed by atoms with van der Waals surface area (Å²) < 4.78 is 15.9. The predicted octanol–water partition coefficient (Wildman–Crippen LogP) is 2.83. The number of hydrogen-bond acceptors (Lipinski definition) is 2. The van der Waals surface area contributed by atoms with Gasteiger partial charge in [0.05, 0.1) is 10.2 Å². The van der Waals surface area contributed by atoms with Gasteiger partial charge in [0.2, 0.25) is 0 Å². The van der Waals surface area contributed by atoms with Crippen molar-refractivity contribution in [2.24, 2.45) is 0 Å². The third kappa shape index (κ3) is 1.31. The van der Waals surface area contributed by atoms with E-state index in [1.165, 1.54) is 6.07 Å². The van der Waals surface area contributed by atoms with E-state index in [9.17, 15) is 4.39 Å². The molecule has 0 fully saturated rings. The van der Waals surface area contributed by atoms with Crippen molar-refractivity contribution in [3.05, 3.63) is 40.1 Å². The van der Waals surface area contributed by atoms with Crippen molar-refractivity contribution >= 4 is 15.9 Å². The molecule has 82 valence electrons. The van der Waals surface area contributed by atoms with E-state index in [1.807, 2.05) is 10.6 Å². The van der Waals surface area contributed by atoms with Gasteiger partial charge in [-0.05, 0) is 40.0 Å². The second-order valence-corrected chi connectivity index (χ2v) is 4.91. The van der Waals surface area contributed by atoms with Gasteiger partial charge in [0.1, 0.15) is 18.0 Å². The highest BCUT2D eigenvalue weighted by atomic mass is 79.9. The minimum Gasteiger partial charge on any atom is -0.285 e. The van der Waals surface area contributed by atoms with Gasteiger partial charge in [0, 0.05) is 5.92 Å². The smallest absolute Gasteiger partial charge is 0.140 e. The lowest BCUT2D eigenvalue weighted by molar-refractivity contribution is 0.605. The lowest BCUT2D eigenvalue weighted by Gasteiger charge is -2.22. The fourth-order valence-corrected chi connectivity index (χ4v) is 2.54. The summed E-state index contributed by atoms with van der Waals surface area (Å²) in [6.45, 7) is 2.10. The zero-order valence-corrected chi connectivity index (χ0v) is 10.2. The second-order valence-electron chi connectivity index (χ2n) is 4.06. The number of hydrogen-bond donors (Lipinski definition) is 0. The van der Waals surface area contributed by atoms with Crippen LogP contribution in [-0.4, -0.2) is 14.8 Å². The number of benzene rings is 1. The van der Waals surface area contributed by atoms with E-state index < -0.39 is 0 Å². The van der Waals surface area contributed by atoms with Gasteiger partial charge in [-0.2, -0.15) is 0 Å². The minimum atomic E-state index is -0.257. The summed E-state index contributed by atoms with van der Waals surface area (Å²) in [5.74, 6) is 0.953. The monoisotopic (exact) mass is 281 g/mol. The zero-order chi connectivity index (χ0) is 11.3. The molecule has 0 radical (unpaired) electrons. The molecule has 1 aromatic carbocycles. The van der Waals surface area contributed by atoms with E-state index in [-0.39, 0.29) is 5.82 Å². The first kappa shape index (κ1) is 9.96. The van der Waals surface area contributed by atoms with Crippen LogP contribution < -0.4 is 0 Å². The van der Waals surface area contributed by atoms with Crippen LogP contribution in [-0.2, 0) is 6.42 Å². The molecule has 1 atom stereocenters. The lowest BCUT2D eigenvalue weighted by atomic mass is 9.95. The Kier molecular flexibility index (Phi) is 2.10. The summed E-state index contributed by atoms with van der Waals surface area (Å²) in [6, 6.07) is 3.36. The minimum absolute atomic E-state index is 0.257. The van der Waals surface area contributed by atoms with Crippen LogP contribution in [0.25, 0.3) is 5.69 Å². The molecule has 0 amide bonds. The van der Waals surface area contributed by atoms with Gasteiger partial charge < -0.3 is 0 Å². The molecule has 5 heteroatoms. The van der Waals surface area contributed by atoms with Crippen molar-refractivity contribution in [1.29, 1.82) is 0 Å². The molecular formula is C11H9BrFN3. The molecule has 3 nitrogen and oxygen atoms in total. The maximum Gasteiger partial charge on any atom is 0.140 e. The van der Waals surface area contributed by atoms with Crippen molar-refractivity contribution in [3.8, 4) is 5.69 Å². The quantitative estimate of drug-likeness (QED) is 0.744. The normalized spacial score (nSPS) is 18.1. The van der Waals surface area contributed by atoms with Crippen molar-refractivity contribution in [3.63, 3.8) is 0 Å². The molecule has 2 aromatic rings. The summed E-state index contributed by atoms with van der Waals surface area (Å²) in [7, 11) is 0. The maximum atomic E-state index is 13.5. The van der Waals surface area contributed by atoms with Crippen LogP contribution in [0.2, 0.25) is 0 Å². The Balaban J connectivity index is 2.28. The van der Waals surface area contributed by atoms with E-state index in [4.69, 9.17) is 0 Å². The summed E-state index contributed by atoms with van der Waals surface area (Å²) in [5, 5.41) is 7.95. The molecule has 0 spiro atoms. The van der Waals surface area contributed by atoms with Gasteiger partial charge in [0.15, 0.2) is 0 Å². The van der Waals surface area contributed by atoms with Crippen molar-refractivity contribution < 1.29 is 4.39 Å². The molecule has 1 aliphatic heterocycles. The van der Waals surface area contributed by atoms with E-state index in [0.29, 0.717) is 10.4 Å². The predicted molar refractivity (Wildman–Crippen MR) is 61.1 cm³/mol. The highest BCUT2D eigenvalue weighted by Gasteiger charge is 2.24. The summed E-state index contributed by atoms with van der Waals surface area (Å²) in [6.07, 6.45) is 2.50. The number of aromatic nitrogens is 3. The highest BCUT2D eigenvalue weighted by Crippen LogP contribution is 2.33. The molecular weight excluding hydrogens is 273 g/mol. The standard InChI is InChI=1S/C11H9BrFN3/c1-6-2-7-3-8(12)9(13)4-10(7)16-5-14-15-11(6)16/h3-6H,2H2,1H3. The Morgan fingerprint density at radius 3 is 3.12 bits per heavy atom. The lowest BCUT2D eigenvalue weighted by Crippen LogP contribution is -2.15. The molecule has 0 aliphatic carbocycles. The van der Waals surface area contributed by atoms with Crippen LogP contribution in [0.5, 0.6) is 0 Å². The second kappa shape index (κ2) is 3.38. The van der Waals surface area contributed by atoms with Gasteiger partial charge in [-0.15, -0.1) is 10.2 Å². The first-order chi connectivity index (χ1) is 7.66. The Hall–Kier alpha value is -1.23. The SMILES string of the molecule is CC1Cc2cc(Br)c(F)cc2-n2cnnc21. The van der Waals surface area contributed by atoms with Crippen LogP contribution >= 0.6 is 15.9 Å². The molecule has 0 saturated carbocycles. The number of halogens is 2. The average molecular weight is 282 g/mol. The fourth-order valence-electron chi connectivity index (χ4n) is 2.15. The van der Waals surface area contributed by atoms with Crippen LogP contribution in [0.1, 0.15) is 24.2 Å². The first-order valence-electron chi connectivity index (χ1n) is 5.05. The third-order valence-electron chi connectivity index (χ3n) is 2.92. The molecule has 1 unspecified atom stereocenters. The fraction of sp³-hybridized carbons (Fsp3) is 0.273. The van der Waals surface area contributed by atoms with E-state index in [2.05, 4.69) is 33.1 Å². The number of nitrogens with zero attached hydrogens (tertiary/aromatic N) is 3. The van der Waals surface area contributed by atoms with Gasteiger partial charge in [-0.3, -0.25) is 4.57 Å². The van der Waals surface area contributed by atoms with Crippen LogP contribution in [0.4, 0.5) is 4.39 Å². The molecule has 2 heterocycles. The highest BCUT2D eigenvalue weighted by molar-refractivity contribution is 9.10. The molecule has 0 saturated heterocycles. The van der Waals surface area contributed by atoms with Gasteiger partial charge in [-0.1, -0.05) is 6.92 Å². The topological polar surface area (TPSA) is 30.7 Å². The molecule has 0 bridgehead atoms. The van der Waals surface area contributed by atoms with E-state index in [0.717, 1.165) is 23.5 Å². The summed E-state index contributed by atoms with van der Waals surface area (Å²) >= 11 is 3.21. The van der Waals surface area contributed by atoms with Crippen molar-refractivity contribution in [2.75, 3.05) is 0 Å². The van der Waals surface area contributed by atoms with Crippen LogP contribution in [0.15, 0.2) is 22.9 Å². The summed E-state index contributed by atoms with van der Waals surface area (Å²) in [4.78, 5) is 0. The maximum absolute atomic E-state index is 13.5. The van der Waals surface area contributed by atoms with Gasteiger partial charge >= 0.3 is 0 Å². The Morgan fingerprint density at radius 2 is 2.31 bits per heavy atom. The number of fused-ring (bicyclic) bond motifs is 3. The largest absolute Gasteiger partial charge is 0.285 e. The summed E-state index contributed by atoms with van der Waals surface area (Å²) in [5.41, 5.74) is 1.96. The molecule has 1 aromatic heterocycles. The molecule has 16 heavy (non-hydrogen) atoms. The molecule has 3 rings (SSSR count). The van der Waals surface area contributed by atoms with Crippen LogP contribution in [0.3, 0.4) is 0 Å². The van der Waals surface area contributed by atoms with Crippen LogP contribution in [0, 0.1) is 5.82 Å². The third-order valence-corrected chi connectivity index (χ3v) is 3.53. The van der Waals surface area contributed by atoms with Gasteiger partial charge in [-0.25, -0.2) is 4.39 Å². The average Bonchev–Trinajstić information content (AvgIpc) is 2.71. The Bertz CT molecular complexity index is 564. The van der Waals surface area contributed by atoms with Crippen molar-refractivity contribution in [1.82, 2.24) is 14.8 Å². The first-order valence-corrected chi connectivity index (χ1v) is 5.84. The van der Waals surface area contributed by atoms with E-state index in [1.54, 1.807) is 6.33 Å². The number of rotatable bonds is 0. The molecule has 1 aliphatic rings. The Morgan fingerprint density at radius 1 is 1.50 bits per heavy atom. The molecule has 0 N–H and O–H groups in total. The Labute approximate surface area is 100 Å². The van der Waals surface area contributed by atoms with Crippen molar-refractivity contribution in [2.45, 2.75) is 19.3 Å². The zero-order valence-electron chi connectivity index (χ0n) is 8.61.